The first-order valence-electron chi connectivity index (χ1n) is 8.99. The van der Waals surface area contributed by atoms with Crippen LogP contribution in [0.25, 0.3) is 5.69 Å². The Morgan fingerprint density at radius 2 is 1.68 bits per heavy atom. The molecule has 2 heterocycles. The molecule has 0 aliphatic carbocycles. The number of imidazole rings is 1. The fourth-order valence-corrected chi connectivity index (χ4v) is 4.44. The molecule has 1 aromatic heterocycles. The van der Waals surface area contributed by atoms with Crippen molar-refractivity contribution in [2.45, 2.75) is 11.8 Å². The lowest BCUT2D eigenvalue weighted by atomic mass is 10.2. The lowest BCUT2D eigenvalue weighted by molar-refractivity contribution is 0.271. The fraction of sp³-hybridized carbons (Fsp3) is 0.250. The summed E-state index contributed by atoms with van der Waals surface area (Å²) in [6, 6.07) is 12.4. The minimum atomic E-state index is -3.60. The molecule has 0 bridgehead atoms. The van der Waals surface area contributed by atoms with E-state index in [2.05, 4.69) is 4.98 Å². The van der Waals surface area contributed by atoms with E-state index in [0.29, 0.717) is 11.5 Å². The third-order valence-electron chi connectivity index (χ3n) is 4.59. The van der Waals surface area contributed by atoms with Gasteiger partial charge >= 0.3 is 0 Å². The summed E-state index contributed by atoms with van der Waals surface area (Å²) in [5.41, 5.74) is 1.91. The molecule has 0 atom stereocenters. The predicted octanol–water partition coefficient (Wildman–Crippen LogP) is 2.64. The topological polar surface area (TPSA) is 73.7 Å². The Balaban J connectivity index is 1.54. The van der Waals surface area contributed by atoms with Gasteiger partial charge < -0.3 is 14.0 Å². The highest BCUT2D eigenvalue weighted by Crippen LogP contribution is 2.31. The Bertz CT molecular complexity index is 1050. The van der Waals surface area contributed by atoms with Gasteiger partial charge in [0.05, 0.1) is 16.9 Å². The summed E-state index contributed by atoms with van der Waals surface area (Å²) >= 11 is 0. The van der Waals surface area contributed by atoms with Gasteiger partial charge in [0.25, 0.3) is 0 Å². The van der Waals surface area contributed by atoms with Crippen molar-refractivity contribution >= 4 is 10.0 Å². The summed E-state index contributed by atoms with van der Waals surface area (Å²) in [4.78, 5) is 4.32. The lowest BCUT2D eigenvalue weighted by Gasteiger charge is -2.21. The molecular formula is C20H21N3O4S. The van der Waals surface area contributed by atoms with Gasteiger partial charge in [0.2, 0.25) is 10.0 Å². The van der Waals surface area contributed by atoms with Crippen molar-refractivity contribution in [3.05, 3.63) is 66.7 Å². The molecule has 0 saturated heterocycles. The van der Waals surface area contributed by atoms with E-state index in [1.165, 1.54) is 4.31 Å². The molecule has 8 heteroatoms. The van der Waals surface area contributed by atoms with E-state index in [4.69, 9.17) is 9.47 Å². The van der Waals surface area contributed by atoms with E-state index in [-0.39, 0.29) is 31.2 Å². The zero-order valence-corrected chi connectivity index (χ0v) is 16.3. The molecule has 2 aromatic carbocycles. The molecule has 0 spiro atoms. The molecule has 1 aliphatic rings. The summed E-state index contributed by atoms with van der Waals surface area (Å²) in [6.45, 7) is 2.89. The maximum absolute atomic E-state index is 13.0. The molecule has 0 unspecified atom stereocenters. The number of benzene rings is 2. The van der Waals surface area contributed by atoms with Gasteiger partial charge in [0.15, 0.2) is 11.5 Å². The van der Waals surface area contributed by atoms with Crippen molar-refractivity contribution in [3.63, 3.8) is 0 Å². The van der Waals surface area contributed by atoms with Crippen molar-refractivity contribution < 1.29 is 17.9 Å². The predicted molar refractivity (Wildman–Crippen MR) is 104 cm³/mol. The van der Waals surface area contributed by atoms with Crippen LogP contribution in [-0.4, -0.2) is 48.6 Å². The molecule has 146 valence electrons. The Kier molecular flexibility index (Phi) is 5.06. The van der Waals surface area contributed by atoms with Crippen LogP contribution in [0.15, 0.2) is 66.1 Å². The molecule has 0 fully saturated rings. The van der Waals surface area contributed by atoms with Crippen LogP contribution < -0.4 is 9.47 Å². The molecule has 0 N–H and O–H groups in total. The highest BCUT2D eigenvalue weighted by molar-refractivity contribution is 7.89. The first-order chi connectivity index (χ1) is 13.5. The van der Waals surface area contributed by atoms with Crippen molar-refractivity contribution in [2.24, 2.45) is 0 Å². The first-order valence-corrected chi connectivity index (χ1v) is 10.4. The Morgan fingerprint density at radius 1 is 0.964 bits per heavy atom. The molecule has 7 nitrogen and oxygen atoms in total. The maximum atomic E-state index is 13.0. The number of aryl methyl sites for hydroxylation is 1. The van der Waals surface area contributed by atoms with Crippen LogP contribution in [0.2, 0.25) is 0 Å². The number of hydrogen-bond donors (Lipinski definition) is 0. The van der Waals surface area contributed by atoms with Crippen LogP contribution in [0.4, 0.5) is 0 Å². The van der Waals surface area contributed by atoms with Crippen LogP contribution in [0, 0.1) is 6.92 Å². The normalized spacial score (nSPS) is 15.5. The second kappa shape index (κ2) is 7.65. The second-order valence-corrected chi connectivity index (χ2v) is 8.45. The van der Waals surface area contributed by atoms with Crippen LogP contribution >= 0.6 is 0 Å². The Morgan fingerprint density at radius 3 is 2.36 bits per heavy atom. The first kappa shape index (κ1) is 18.5. The van der Waals surface area contributed by atoms with Gasteiger partial charge in [-0.15, -0.1) is 0 Å². The van der Waals surface area contributed by atoms with E-state index in [9.17, 15) is 8.42 Å². The minimum Gasteiger partial charge on any atom is -0.488 e. The van der Waals surface area contributed by atoms with Crippen molar-refractivity contribution in [1.29, 1.82) is 0 Å². The molecule has 28 heavy (non-hydrogen) atoms. The summed E-state index contributed by atoms with van der Waals surface area (Å²) in [7, 11) is -3.60. The standard InChI is InChI=1S/C20H21N3O4S/c1-16-2-5-18(6-3-16)28(24,25)23-10-12-26-19-7-4-17(22-9-8-21-15-22)14-20(19)27-13-11-23/h2-9,14-15H,10-13H2,1H3. The summed E-state index contributed by atoms with van der Waals surface area (Å²) in [5, 5.41) is 0. The quantitative estimate of drug-likeness (QED) is 0.677. The molecule has 0 saturated carbocycles. The zero-order valence-electron chi connectivity index (χ0n) is 15.5. The number of nitrogens with zero attached hydrogens (tertiary/aromatic N) is 3. The number of sulfonamides is 1. The fourth-order valence-electron chi connectivity index (χ4n) is 3.03. The van der Waals surface area contributed by atoms with Gasteiger partial charge in [-0.05, 0) is 31.2 Å². The largest absolute Gasteiger partial charge is 0.488 e. The van der Waals surface area contributed by atoms with Gasteiger partial charge in [-0.3, -0.25) is 0 Å². The van der Waals surface area contributed by atoms with E-state index >= 15 is 0 Å². The molecule has 3 aromatic rings. The van der Waals surface area contributed by atoms with E-state index in [0.717, 1.165) is 11.3 Å². The summed E-state index contributed by atoms with van der Waals surface area (Å²) in [5.74, 6) is 1.18. The van der Waals surface area contributed by atoms with E-state index in [1.807, 2.05) is 35.9 Å². The second-order valence-electron chi connectivity index (χ2n) is 6.52. The summed E-state index contributed by atoms with van der Waals surface area (Å²) < 4.78 is 40.9. The van der Waals surface area contributed by atoms with Crippen molar-refractivity contribution in [3.8, 4) is 17.2 Å². The Labute approximate surface area is 164 Å². The lowest BCUT2D eigenvalue weighted by Crippen LogP contribution is -2.37. The van der Waals surface area contributed by atoms with Gasteiger partial charge in [0, 0.05) is 31.5 Å². The molecular weight excluding hydrogens is 378 g/mol. The third-order valence-corrected chi connectivity index (χ3v) is 6.50. The Hall–Kier alpha value is -2.84. The van der Waals surface area contributed by atoms with Gasteiger partial charge in [-0.2, -0.15) is 4.31 Å². The van der Waals surface area contributed by atoms with E-state index in [1.54, 1.807) is 36.8 Å². The van der Waals surface area contributed by atoms with Crippen molar-refractivity contribution in [1.82, 2.24) is 13.9 Å². The smallest absolute Gasteiger partial charge is 0.243 e. The third kappa shape index (κ3) is 3.74. The monoisotopic (exact) mass is 399 g/mol. The number of aromatic nitrogens is 2. The van der Waals surface area contributed by atoms with Crippen LogP contribution in [0.3, 0.4) is 0 Å². The average Bonchev–Trinajstić information content (AvgIpc) is 3.24. The van der Waals surface area contributed by atoms with E-state index < -0.39 is 10.0 Å². The SMILES string of the molecule is Cc1ccc(S(=O)(=O)N2CCOc3ccc(-n4ccnc4)cc3OCC2)cc1. The zero-order chi connectivity index (χ0) is 19.6. The number of ether oxygens (including phenoxy) is 2. The molecule has 0 amide bonds. The van der Waals surface area contributed by atoms with Crippen LogP contribution in [-0.2, 0) is 10.0 Å². The number of fused-ring (bicyclic) bond motifs is 1. The van der Waals surface area contributed by atoms with Crippen molar-refractivity contribution in [2.75, 3.05) is 26.3 Å². The maximum Gasteiger partial charge on any atom is 0.243 e. The van der Waals surface area contributed by atoms with Gasteiger partial charge in [-0.1, -0.05) is 17.7 Å². The highest BCUT2D eigenvalue weighted by atomic mass is 32.2. The minimum absolute atomic E-state index is 0.231. The van der Waals surface area contributed by atoms with Crippen LogP contribution in [0.1, 0.15) is 5.56 Å². The van der Waals surface area contributed by atoms with Crippen LogP contribution in [0.5, 0.6) is 11.5 Å². The van der Waals surface area contributed by atoms with Gasteiger partial charge in [0.1, 0.15) is 13.2 Å². The number of rotatable bonds is 3. The summed E-state index contributed by atoms with van der Waals surface area (Å²) in [6.07, 6.45) is 5.24. The number of hydrogen-bond acceptors (Lipinski definition) is 5. The molecule has 1 aliphatic heterocycles. The molecule has 0 radical (unpaired) electrons. The average molecular weight is 399 g/mol. The molecule has 4 rings (SSSR count). The van der Waals surface area contributed by atoms with Gasteiger partial charge in [-0.25, -0.2) is 13.4 Å². The highest BCUT2D eigenvalue weighted by Gasteiger charge is 2.25.